The van der Waals surface area contributed by atoms with Crippen molar-refractivity contribution in [2.75, 3.05) is 0 Å². The maximum atomic E-state index is 11.5. The Balaban J connectivity index is 2.08. The molecule has 0 amide bonds. The summed E-state index contributed by atoms with van der Waals surface area (Å²) in [6.45, 7) is 10.8. The van der Waals surface area contributed by atoms with Crippen LogP contribution in [0.1, 0.15) is 117 Å². The predicted molar refractivity (Wildman–Crippen MR) is 160 cm³/mol. The lowest BCUT2D eigenvalue weighted by Crippen LogP contribution is -2.02. The number of benzene rings is 3. The second-order valence-corrected chi connectivity index (χ2v) is 10.9. The van der Waals surface area contributed by atoms with Crippen LogP contribution < -0.4 is 0 Å². The van der Waals surface area contributed by atoms with E-state index in [4.69, 9.17) is 0 Å². The molecule has 3 aromatic rings. The fourth-order valence-corrected chi connectivity index (χ4v) is 5.66. The van der Waals surface area contributed by atoms with Crippen LogP contribution in [0, 0.1) is 0 Å². The molecule has 3 N–H and O–H groups in total. The van der Waals surface area contributed by atoms with E-state index in [1.807, 2.05) is 0 Å². The Labute approximate surface area is 230 Å². The average Bonchev–Trinajstić information content (AvgIpc) is 2.88. The van der Waals surface area contributed by atoms with Crippen molar-refractivity contribution in [1.82, 2.24) is 0 Å². The van der Waals surface area contributed by atoms with E-state index in [1.165, 1.54) is 16.7 Å². The fourth-order valence-electron chi connectivity index (χ4n) is 5.66. The van der Waals surface area contributed by atoms with E-state index in [9.17, 15) is 15.3 Å². The first kappa shape index (κ1) is 29.6. The van der Waals surface area contributed by atoms with Crippen molar-refractivity contribution >= 4 is 0 Å². The molecule has 38 heavy (non-hydrogen) atoms. The molecule has 3 aromatic carbocycles. The van der Waals surface area contributed by atoms with Gasteiger partial charge in [-0.3, -0.25) is 0 Å². The van der Waals surface area contributed by atoms with Crippen LogP contribution >= 0.6 is 0 Å². The maximum Gasteiger partial charge on any atom is 0.122 e. The average molecular weight is 517 g/mol. The first-order valence-electron chi connectivity index (χ1n) is 14.9. The number of phenolic OH excluding ortho intramolecular Hbond substituents is 3. The zero-order chi connectivity index (χ0) is 27.7. The molecular weight excluding hydrogens is 468 g/mol. The van der Waals surface area contributed by atoms with Crippen molar-refractivity contribution < 1.29 is 15.3 Å². The van der Waals surface area contributed by atoms with E-state index in [2.05, 4.69) is 71.0 Å². The summed E-state index contributed by atoms with van der Waals surface area (Å²) in [6, 6.07) is 12.7. The van der Waals surface area contributed by atoms with Crippen LogP contribution in [0.5, 0.6) is 17.2 Å². The van der Waals surface area contributed by atoms with Crippen molar-refractivity contribution in [3.05, 3.63) is 86.5 Å². The summed E-state index contributed by atoms with van der Waals surface area (Å²) >= 11 is 0. The minimum atomic E-state index is 0.277. The van der Waals surface area contributed by atoms with Gasteiger partial charge >= 0.3 is 0 Å². The molecule has 0 aliphatic rings. The highest BCUT2D eigenvalue weighted by atomic mass is 16.3. The second-order valence-electron chi connectivity index (χ2n) is 10.9. The van der Waals surface area contributed by atoms with Gasteiger partial charge in [-0.2, -0.15) is 0 Å². The Kier molecular flexibility index (Phi) is 11.1. The molecule has 3 nitrogen and oxygen atoms in total. The van der Waals surface area contributed by atoms with Crippen LogP contribution in [0.25, 0.3) is 0 Å². The summed E-state index contributed by atoms with van der Waals surface area (Å²) in [5.74, 6) is 1.00. The van der Waals surface area contributed by atoms with Crippen molar-refractivity contribution in [1.29, 1.82) is 0 Å². The highest BCUT2D eigenvalue weighted by Crippen LogP contribution is 2.36. The largest absolute Gasteiger partial charge is 0.507 e. The zero-order valence-electron chi connectivity index (χ0n) is 24.3. The van der Waals surface area contributed by atoms with E-state index in [-0.39, 0.29) is 5.75 Å². The third-order valence-electron chi connectivity index (χ3n) is 7.40. The van der Waals surface area contributed by atoms with Crippen LogP contribution in [0.3, 0.4) is 0 Å². The van der Waals surface area contributed by atoms with Crippen LogP contribution in [0.15, 0.2) is 36.4 Å². The van der Waals surface area contributed by atoms with Gasteiger partial charge in [0.15, 0.2) is 0 Å². The van der Waals surface area contributed by atoms with E-state index in [0.29, 0.717) is 24.3 Å². The molecule has 0 bridgehead atoms. The molecule has 0 atom stereocenters. The quantitative estimate of drug-likeness (QED) is 0.201. The van der Waals surface area contributed by atoms with E-state index >= 15 is 0 Å². The summed E-state index contributed by atoms with van der Waals surface area (Å²) in [7, 11) is 0. The molecule has 0 aromatic heterocycles. The minimum Gasteiger partial charge on any atom is -0.507 e. The van der Waals surface area contributed by atoms with Gasteiger partial charge in [0.05, 0.1) is 0 Å². The third kappa shape index (κ3) is 7.34. The van der Waals surface area contributed by atoms with Gasteiger partial charge in [-0.15, -0.1) is 0 Å². The molecule has 0 fully saturated rings. The van der Waals surface area contributed by atoms with Gasteiger partial charge in [0.1, 0.15) is 17.2 Å². The van der Waals surface area contributed by atoms with Crippen molar-refractivity contribution in [3.63, 3.8) is 0 Å². The molecule has 0 saturated carbocycles. The van der Waals surface area contributed by atoms with Gasteiger partial charge in [-0.25, -0.2) is 0 Å². The Bertz CT molecular complexity index is 1120. The lowest BCUT2D eigenvalue weighted by molar-refractivity contribution is 0.453. The number of phenols is 3. The SMILES string of the molecule is CCCc1cc(CCC)c(O)c(Cc2cc(CCC)cc(Cc3cc(CCC)cc(CCC)c3O)c2O)c1. The van der Waals surface area contributed by atoms with Gasteiger partial charge in [-0.05, 0) is 82.2 Å². The second kappa shape index (κ2) is 14.3. The van der Waals surface area contributed by atoms with Gasteiger partial charge in [0.25, 0.3) is 0 Å². The standard InChI is InChI=1S/C35H48O3/c1-6-11-24-16-27(14-9-4)33(36)29(18-24)22-31-20-26(13-8-3)21-32(35(31)38)23-30-19-25(12-7-2)17-28(15-10-5)34(30)37/h16-21,36-38H,6-15,22-23H2,1-5H3. The van der Waals surface area contributed by atoms with Gasteiger partial charge < -0.3 is 15.3 Å². The van der Waals surface area contributed by atoms with Crippen molar-refractivity contribution in [3.8, 4) is 17.2 Å². The summed E-state index contributed by atoms with van der Waals surface area (Å²) in [5.41, 5.74) is 9.12. The molecular formula is C35H48O3. The molecule has 0 aliphatic heterocycles. The first-order valence-corrected chi connectivity index (χ1v) is 14.9. The Morgan fingerprint density at radius 1 is 0.368 bits per heavy atom. The number of aryl methyl sites for hydroxylation is 5. The zero-order valence-corrected chi connectivity index (χ0v) is 24.3. The van der Waals surface area contributed by atoms with Gasteiger partial charge in [-0.1, -0.05) is 103 Å². The van der Waals surface area contributed by atoms with Gasteiger partial charge in [0, 0.05) is 12.8 Å². The number of aromatic hydroxyl groups is 3. The number of rotatable bonds is 14. The summed E-state index contributed by atoms with van der Waals surface area (Å²) in [6.07, 6.45) is 10.6. The maximum absolute atomic E-state index is 11.5. The van der Waals surface area contributed by atoms with E-state index in [1.54, 1.807) is 0 Å². The molecule has 0 unspecified atom stereocenters. The molecule has 3 heteroatoms. The first-order chi connectivity index (χ1) is 18.3. The van der Waals surface area contributed by atoms with Crippen LogP contribution in [0.2, 0.25) is 0 Å². The molecule has 0 aliphatic carbocycles. The topological polar surface area (TPSA) is 60.7 Å². The van der Waals surface area contributed by atoms with Crippen molar-refractivity contribution in [2.45, 2.75) is 112 Å². The normalized spacial score (nSPS) is 11.3. The highest BCUT2D eigenvalue weighted by Gasteiger charge is 2.18. The lowest BCUT2D eigenvalue weighted by Gasteiger charge is -2.18. The molecule has 206 valence electrons. The van der Waals surface area contributed by atoms with Crippen molar-refractivity contribution in [2.24, 2.45) is 0 Å². The Morgan fingerprint density at radius 2 is 0.605 bits per heavy atom. The summed E-state index contributed by atoms with van der Waals surface area (Å²) in [4.78, 5) is 0. The summed E-state index contributed by atoms with van der Waals surface area (Å²) < 4.78 is 0. The van der Waals surface area contributed by atoms with Gasteiger partial charge in [0.2, 0.25) is 0 Å². The predicted octanol–water partition coefficient (Wildman–Crippen LogP) is 8.75. The molecule has 0 heterocycles. The number of hydrogen-bond donors (Lipinski definition) is 3. The fraction of sp³-hybridized carbons (Fsp3) is 0.486. The van der Waals surface area contributed by atoms with E-state index in [0.717, 1.165) is 97.6 Å². The van der Waals surface area contributed by atoms with Crippen LogP contribution in [0.4, 0.5) is 0 Å². The number of hydrogen-bond acceptors (Lipinski definition) is 3. The minimum absolute atomic E-state index is 0.277. The molecule has 3 rings (SSSR count). The monoisotopic (exact) mass is 516 g/mol. The van der Waals surface area contributed by atoms with E-state index < -0.39 is 0 Å². The Morgan fingerprint density at radius 3 is 0.868 bits per heavy atom. The van der Waals surface area contributed by atoms with Crippen LogP contribution in [-0.4, -0.2) is 15.3 Å². The molecule has 0 saturated heterocycles. The van der Waals surface area contributed by atoms with Crippen LogP contribution in [-0.2, 0) is 44.9 Å². The molecule has 0 spiro atoms. The smallest absolute Gasteiger partial charge is 0.122 e. The third-order valence-corrected chi connectivity index (χ3v) is 7.40. The Hall–Kier alpha value is -2.94. The summed E-state index contributed by atoms with van der Waals surface area (Å²) in [5, 5.41) is 33.8. The lowest BCUT2D eigenvalue weighted by atomic mass is 9.90. The molecule has 0 radical (unpaired) electrons. The highest BCUT2D eigenvalue weighted by molar-refractivity contribution is 5.54.